The first kappa shape index (κ1) is 23.6. The van der Waals surface area contributed by atoms with E-state index >= 15 is 0 Å². The van der Waals surface area contributed by atoms with Crippen molar-refractivity contribution in [2.24, 2.45) is 5.10 Å². The van der Waals surface area contributed by atoms with Crippen LogP contribution in [-0.4, -0.2) is 27.6 Å². The van der Waals surface area contributed by atoms with Gasteiger partial charge in [0.2, 0.25) is 0 Å². The Hall–Kier alpha value is -3.07. The van der Waals surface area contributed by atoms with Crippen molar-refractivity contribution >= 4 is 45.4 Å². The molecule has 1 amide bonds. The molecular formula is C22H18Cl2N2O5S. The molecule has 0 saturated carbocycles. The van der Waals surface area contributed by atoms with Crippen LogP contribution in [0.2, 0.25) is 10.0 Å². The van der Waals surface area contributed by atoms with Gasteiger partial charge in [0.25, 0.3) is 5.91 Å². The second kappa shape index (κ2) is 10.0. The van der Waals surface area contributed by atoms with Crippen LogP contribution in [0.4, 0.5) is 0 Å². The number of rotatable bonds is 7. The molecule has 0 unspecified atom stereocenters. The molecule has 0 radical (unpaired) electrons. The third-order valence-corrected chi connectivity index (χ3v) is 6.05. The van der Waals surface area contributed by atoms with E-state index in [9.17, 15) is 13.2 Å². The number of carbonyl (C=O) groups is 1. The summed E-state index contributed by atoms with van der Waals surface area (Å²) in [5, 5.41) is 4.47. The predicted octanol–water partition coefficient (Wildman–Crippen LogP) is 4.84. The second-order valence-corrected chi connectivity index (χ2v) is 8.97. The number of hydrazone groups is 1. The van der Waals surface area contributed by atoms with Crippen LogP contribution in [0.25, 0.3) is 0 Å². The van der Waals surface area contributed by atoms with Crippen LogP contribution in [0.15, 0.2) is 70.7 Å². The molecule has 3 rings (SSSR count). The van der Waals surface area contributed by atoms with Gasteiger partial charge in [-0.25, -0.2) is 5.43 Å². The first-order chi connectivity index (χ1) is 15.2. The summed E-state index contributed by atoms with van der Waals surface area (Å²) < 4.78 is 35.7. The Labute approximate surface area is 195 Å². The van der Waals surface area contributed by atoms with Crippen molar-refractivity contribution in [1.29, 1.82) is 0 Å². The van der Waals surface area contributed by atoms with Gasteiger partial charge in [-0.15, -0.1) is 0 Å². The molecule has 1 N–H and O–H groups in total. The number of benzene rings is 3. The Kier molecular flexibility index (Phi) is 7.40. The first-order valence-electron chi connectivity index (χ1n) is 9.17. The number of nitrogens with zero attached hydrogens (tertiary/aromatic N) is 1. The van der Waals surface area contributed by atoms with Crippen molar-refractivity contribution in [1.82, 2.24) is 5.43 Å². The highest BCUT2D eigenvalue weighted by Gasteiger charge is 2.19. The lowest BCUT2D eigenvalue weighted by atomic mass is 10.2. The van der Waals surface area contributed by atoms with Gasteiger partial charge in [0.05, 0.1) is 23.9 Å². The molecule has 7 nitrogen and oxygen atoms in total. The number of hydrogen-bond acceptors (Lipinski definition) is 6. The zero-order valence-electron chi connectivity index (χ0n) is 17.0. The number of hydrogen-bond donors (Lipinski definition) is 1. The highest BCUT2D eigenvalue weighted by Crippen LogP contribution is 2.30. The van der Waals surface area contributed by atoms with Crippen LogP contribution in [0.1, 0.15) is 21.5 Å². The van der Waals surface area contributed by atoms with Crippen molar-refractivity contribution < 1.29 is 22.1 Å². The SMILES string of the molecule is COc1ccc(/C=N\NC(=O)c2ccc(Cl)cc2Cl)cc1OS(=O)(=O)c1ccc(C)cc1. The zero-order chi connectivity index (χ0) is 23.3. The van der Waals surface area contributed by atoms with Gasteiger partial charge in [-0.1, -0.05) is 40.9 Å². The highest BCUT2D eigenvalue weighted by atomic mass is 35.5. The third-order valence-electron chi connectivity index (χ3n) is 4.25. The fraction of sp³-hybridized carbons (Fsp3) is 0.0909. The van der Waals surface area contributed by atoms with E-state index in [-0.39, 0.29) is 27.0 Å². The molecule has 0 aromatic heterocycles. The lowest BCUT2D eigenvalue weighted by Crippen LogP contribution is -2.18. The molecule has 0 bridgehead atoms. The minimum absolute atomic E-state index is 0.0105. The number of aryl methyl sites for hydroxylation is 1. The molecule has 0 fully saturated rings. The van der Waals surface area contributed by atoms with E-state index in [1.807, 2.05) is 6.92 Å². The van der Waals surface area contributed by atoms with Crippen molar-refractivity contribution in [3.8, 4) is 11.5 Å². The fourth-order valence-corrected chi connectivity index (χ4v) is 4.04. The number of methoxy groups -OCH3 is 1. The van der Waals surface area contributed by atoms with Gasteiger partial charge in [0, 0.05) is 5.02 Å². The molecule has 0 aliphatic carbocycles. The number of amides is 1. The maximum Gasteiger partial charge on any atom is 0.339 e. The summed E-state index contributed by atoms with van der Waals surface area (Å²) in [6.45, 7) is 1.85. The maximum absolute atomic E-state index is 12.6. The summed E-state index contributed by atoms with van der Waals surface area (Å²) in [7, 11) is -2.68. The monoisotopic (exact) mass is 492 g/mol. The van der Waals surface area contributed by atoms with Gasteiger partial charge in [-0.3, -0.25) is 4.79 Å². The van der Waals surface area contributed by atoms with Gasteiger partial charge in [0.1, 0.15) is 4.90 Å². The van der Waals surface area contributed by atoms with Gasteiger partial charge in [-0.05, 0) is 61.0 Å². The molecule has 166 valence electrons. The molecule has 0 saturated heterocycles. The second-order valence-electron chi connectivity index (χ2n) is 6.58. The molecule has 0 aliphatic heterocycles. The van der Waals surface area contributed by atoms with Crippen molar-refractivity contribution in [2.45, 2.75) is 11.8 Å². The van der Waals surface area contributed by atoms with Gasteiger partial charge in [-0.2, -0.15) is 13.5 Å². The average Bonchev–Trinajstić information content (AvgIpc) is 2.74. The summed E-state index contributed by atoms with van der Waals surface area (Å²) >= 11 is 11.8. The molecular weight excluding hydrogens is 475 g/mol. The molecule has 10 heteroatoms. The van der Waals surface area contributed by atoms with Crippen LogP contribution in [0, 0.1) is 6.92 Å². The van der Waals surface area contributed by atoms with E-state index in [4.69, 9.17) is 32.1 Å². The van der Waals surface area contributed by atoms with Gasteiger partial charge < -0.3 is 8.92 Å². The number of halogens is 2. The molecule has 3 aromatic rings. The number of ether oxygens (including phenoxy) is 1. The predicted molar refractivity (Wildman–Crippen MR) is 124 cm³/mol. The Morgan fingerprint density at radius 3 is 2.38 bits per heavy atom. The average molecular weight is 493 g/mol. The fourth-order valence-electron chi connectivity index (χ4n) is 2.61. The van der Waals surface area contributed by atoms with Crippen LogP contribution in [-0.2, 0) is 10.1 Å². The lowest BCUT2D eigenvalue weighted by molar-refractivity contribution is 0.0955. The minimum Gasteiger partial charge on any atom is -0.493 e. The smallest absolute Gasteiger partial charge is 0.339 e. The Balaban J connectivity index is 1.78. The van der Waals surface area contributed by atoms with Crippen molar-refractivity contribution in [3.05, 3.63) is 87.4 Å². The van der Waals surface area contributed by atoms with E-state index in [0.29, 0.717) is 10.6 Å². The summed E-state index contributed by atoms with van der Waals surface area (Å²) in [4.78, 5) is 12.2. The summed E-state index contributed by atoms with van der Waals surface area (Å²) in [6.07, 6.45) is 1.33. The van der Waals surface area contributed by atoms with E-state index in [1.54, 1.807) is 18.2 Å². The first-order valence-corrected chi connectivity index (χ1v) is 11.3. The topological polar surface area (TPSA) is 94.1 Å². The van der Waals surface area contributed by atoms with Crippen LogP contribution in [0.5, 0.6) is 11.5 Å². The molecule has 3 aromatic carbocycles. The Morgan fingerprint density at radius 1 is 1.00 bits per heavy atom. The summed E-state index contributed by atoms with van der Waals surface area (Å²) in [6, 6.07) is 15.3. The summed E-state index contributed by atoms with van der Waals surface area (Å²) in [5.74, 6) is -0.339. The largest absolute Gasteiger partial charge is 0.493 e. The molecule has 0 atom stereocenters. The van der Waals surface area contributed by atoms with E-state index < -0.39 is 16.0 Å². The molecule has 0 spiro atoms. The van der Waals surface area contributed by atoms with Gasteiger partial charge >= 0.3 is 10.1 Å². The molecule has 0 aliphatic rings. The minimum atomic E-state index is -4.08. The van der Waals surface area contributed by atoms with E-state index in [2.05, 4.69) is 10.5 Å². The standard InChI is InChI=1S/C22H18Cl2N2O5S/c1-14-3-7-17(8-4-14)32(28,29)31-21-11-15(5-10-20(21)30-2)13-25-26-22(27)18-9-6-16(23)12-19(18)24/h3-13H,1-2H3,(H,26,27)/b25-13-. The van der Waals surface area contributed by atoms with Crippen LogP contribution >= 0.6 is 23.2 Å². The molecule has 0 heterocycles. The Bertz CT molecular complexity index is 1280. The number of carbonyl (C=O) groups excluding carboxylic acids is 1. The number of nitrogens with one attached hydrogen (secondary N) is 1. The summed E-state index contributed by atoms with van der Waals surface area (Å²) in [5.41, 5.74) is 3.93. The van der Waals surface area contributed by atoms with E-state index in [0.717, 1.165) is 5.56 Å². The third kappa shape index (κ3) is 5.79. The van der Waals surface area contributed by atoms with Crippen molar-refractivity contribution in [3.63, 3.8) is 0 Å². The highest BCUT2D eigenvalue weighted by molar-refractivity contribution is 7.87. The van der Waals surface area contributed by atoms with E-state index in [1.165, 1.54) is 55.8 Å². The quantitative estimate of drug-likeness (QED) is 0.289. The lowest BCUT2D eigenvalue weighted by Gasteiger charge is -2.11. The maximum atomic E-state index is 12.6. The Morgan fingerprint density at radius 2 is 1.72 bits per heavy atom. The van der Waals surface area contributed by atoms with Crippen molar-refractivity contribution in [2.75, 3.05) is 7.11 Å². The molecule has 32 heavy (non-hydrogen) atoms. The van der Waals surface area contributed by atoms with Crippen LogP contribution in [0.3, 0.4) is 0 Å². The zero-order valence-corrected chi connectivity index (χ0v) is 19.3. The van der Waals surface area contributed by atoms with Crippen LogP contribution < -0.4 is 14.3 Å². The van der Waals surface area contributed by atoms with Gasteiger partial charge in [0.15, 0.2) is 11.5 Å². The normalized spacial score (nSPS) is 11.4.